The summed E-state index contributed by atoms with van der Waals surface area (Å²) in [6.45, 7) is 1.93. The van der Waals surface area contributed by atoms with E-state index in [-0.39, 0.29) is 23.6 Å². The minimum atomic E-state index is -3.16. The Morgan fingerprint density at radius 1 is 0.958 bits per heavy atom. The van der Waals surface area contributed by atoms with Gasteiger partial charge < -0.3 is 5.32 Å². The lowest BCUT2D eigenvalue weighted by atomic mass is 9.97. The molecule has 0 bridgehead atoms. The molecule has 0 aliphatic rings. The summed E-state index contributed by atoms with van der Waals surface area (Å²) in [7, 11) is -3.16. The van der Waals surface area contributed by atoms with Crippen molar-refractivity contribution in [3.05, 3.63) is 70.8 Å². The number of rotatable bonds is 6. The van der Waals surface area contributed by atoms with Gasteiger partial charge in [-0.25, -0.2) is 8.42 Å². The van der Waals surface area contributed by atoms with Crippen LogP contribution in [0.4, 0.5) is 0 Å². The predicted molar refractivity (Wildman–Crippen MR) is 93.1 cm³/mol. The topological polar surface area (TPSA) is 80.3 Å². The molecule has 6 heteroatoms. The van der Waals surface area contributed by atoms with Gasteiger partial charge in [-0.2, -0.15) is 0 Å². The molecule has 1 amide bonds. The number of sulfone groups is 1. The summed E-state index contributed by atoms with van der Waals surface area (Å²) in [4.78, 5) is 24.9. The molecule has 0 unspecified atom stereocenters. The summed E-state index contributed by atoms with van der Waals surface area (Å²) < 4.78 is 22.3. The van der Waals surface area contributed by atoms with Crippen LogP contribution in [0.25, 0.3) is 0 Å². The first-order chi connectivity index (χ1) is 11.3. The molecule has 24 heavy (non-hydrogen) atoms. The lowest BCUT2D eigenvalue weighted by Crippen LogP contribution is -2.30. The van der Waals surface area contributed by atoms with Crippen LogP contribution in [-0.4, -0.2) is 38.7 Å². The Hall–Kier alpha value is -2.47. The van der Waals surface area contributed by atoms with Crippen molar-refractivity contribution < 1.29 is 18.0 Å². The zero-order valence-electron chi connectivity index (χ0n) is 13.6. The van der Waals surface area contributed by atoms with Crippen molar-refractivity contribution in [1.29, 1.82) is 0 Å². The van der Waals surface area contributed by atoms with Gasteiger partial charge in [0.15, 0.2) is 5.78 Å². The molecule has 0 spiro atoms. The molecule has 2 aromatic rings. The van der Waals surface area contributed by atoms with Crippen LogP contribution in [0.15, 0.2) is 48.5 Å². The van der Waals surface area contributed by atoms with Crippen LogP contribution in [0.3, 0.4) is 0 Å². The zero-order valence-corrected chi connectivity index (χ0v) is 14.4. The maximum Gasteiger partial charge on any atom is 0.252 e. The number of benzene rings is 2. The zero-order chi connectivity index (χ0) is 17.7. The van der Waals surface area contributed by atoms with E-state index in [1.165, 1.54) is 0 Å². The van der Waals surface area contributed by atoms with Crippen molar-refractivity contribution in [2.75, 3.05) is 18.6 Å². The second-order valence-electron chi connectivity index (χ2n) is 5.63. The van der Waals surface area contributed by atoms with Crippen molar-refractivity contribution in [2.45, 2.75) is 6.92 Å². The maximum absolute atomic E-state index is 12.6. The first kappa shape index (κ1) is 17.9. The fourth-order valence-corrected chi connectivity index (χ4v) is 2.66. The summed E-state index contributed by atoms with van der Waals surface area (Å²) in [6.07, 6.45) is 1.11. The van der Waals surface area contributed by atoms with Gasteiger partial charge in [0, 0.05) is 23.9 Å². The Morgan fingerprint density at radius 2 is 1.54 bits per heavy atom. The quantitative estimate of drug-likeness (QED) is 0.812. The average Bonchev–Trinajstić information content (AvgIpc) is 2.53. The molecule has 0 aliphatic carbocycles. The molecule has 0 aliphatic heterocycles. The van der Waals surface area contributed by atoms with E-state index in [1.807, 2.05) is 19.1 Å². The van der Waals surface area contributed by atoms with Crippen molar-refractivity contribution >= 4 is 21.5 Å². The van der Waals surface area contributed by atoms with Crippen LogP contribution in [0, 0.1) is 6.92 Å². The van der Waals surface area contributed by atoms with Gasteiger partial charge in [-0.1, -0.05) is 48.0 Å². The van der Waals surface area contributed by atoms with Gasteiger partial charge in [0.1, 0.15) is 9.84 Å². The molecule has 0 atom stereocenters. The Bertz CT molecular complexity index is 855. The fraction of sp³-hybridized carbons (Fsp3) is 0.222. The first-order valence-electron chi connectivity index (χ1n) is 7.44. The van der Waals surface area contributed by atoms with Crippen LogP contribution in [0.2, 0.25) is 0 Å². The number of hydrogen-bond acceptors (Lipinski definition) is 4. The van der Waals surface area contributed by atoms with Gasteiger partial charge in [-0.15, -0.1) is 0 Å². The number of hydrogen-bond donors (Lipinski definition) is 1. The second kappa shape index (κ2) is 7.40. The molecule has 2 aromatic carbocycles. The SMILES string of the molecule is Cc1ccc(C(=O)c2ccccc2C(=O)NCCS(C)(=O)=O)cc1. The summed E-state index contributed by atoms with van der Waals surface area (Å²) >= 11 is 0. The van der Waals surface area contributed by atoms with Gasteiger partial charge in [-0.05, 0) is 13.0 Å². The Kier molecular flexibility index (Phi) is 5.51. The molecular weight excluding hydrogens is 326 g/mol. The molecule has 0 saturated carbocycles. The van der Waals surface area contributed by atoms with Gasteiger partial charge in [0.05, 0.1) is 11.3 Å². The van der Waals surface area contributed by atoms with E-state index in [2.05, 4.69) is 5.32 Å². The summed E-state index contributed by atoms with van der Waals surface area (Å²) in [5, 5.41) is 2.54. The molecule has 0 heterocycles. The van der Waals surface area contributed by atoms with Crippen molar-refractivity contribution in [3.63, 3.8) is 0 Å². The maximum atomic E-state index is 12.6. The molecule has 2 rings (SSSR count). The van der Waals surface area contributed by atoms with Crippen LogP contribution in [-0.2, 0) is 9.84 Å². The Balaban J connectivity index is 2.22. The van der Waals surface area contributed by atoms with E-state index in [0.717, 1.165) is 11.8 Å². The molecule has 126 valence electrons. The van der Waals surface area contributed by atoms with E-state index in [9.17, 15) is 18.0 Å². The highest BCUT2D eigenvalue weighted by molar-refractivity contribution is 7.90. The summed E-state index contributed by atoms with van der Waals surface area (Å²) in [5.41, 5.74) is 2.06. The van der Waals surface area contributed by atoms with Crippen molar-refractivity contribution in [2.24, 2.45) is 0 Å². The number of aryl methyl sites for hydroxylation is 1. The van der Waals surface area contributed by atoms with Gasteiger partial charge in [0.2, 0.25) is 0 Å². The van der Waals surface area contributed by atoms with Crippen molar-refractivity contribution in [3.8, 4) is 0 Å². The second-order valence-corrected chi connectivity index (χ2v) is 7.89. The molecule has 0 fully saturated rings. The lowest BCUT2D eigenvalue weighted by molar-refractivity contribution is 0.0944. The monoisotopic (exact) mass is 345 g/mol. The minimum Gasteiger partial charge on any atom is -0.351 e. The van der Waals surface area contributed by atoms with E-state index in [4.69, 9.17) is 0 Å². The third-order valence-corrected chi connectivity index (χ3v) is 4.43. The number of amides is 1. The van der Waals surface area contributed by atoms with Crippen LogP contribution in [0.1, 0.15) is 31.8 Å². The molecular formula is C18H19NO4S. The number of nitrogens with one attached hydrogen (secondary N) is 1. The third kappa shape index (κ3) is 4.76. The molecule has 1 N–H and O–H groups in total. The third-order valence-electron chi connectivity index (χ3n) is 3.49. The van der Waals surface area contributed by atoms with Gasteiger partial charge >= 0.3 is 0 Å². The largest absolute Gasteiger partial charge is 0.351 e. The Labute approximate surface area is 141 Å². The van der Waals surface area contributed by atoms with Crippen LogP contribution >= 0.6 is 0 Å². The standard InChI is InChI=1S/C18H19NO4S/c1-13-7-9-14(10-8-13)17(20)15-5-3-4-6-16(15)18(21)19-11-12-24(2,22)23/h3-10H,11-12H2,1-2H3,(H,19,21). The van der Waals surface area contributed by atoms with E-state index in [1.54, 1.807) is 36.4 Å². The fourth-order valence-electron chi connectivity index (χ4n) is 2.18. The first-order valence-corrected chi connectivity index (χ1v) is 9.50. The number of carbonyl (C=O) groups excluding carboxylic acids is 2. The average molecular weight is 345 g/mol. The predicted octanol–water partition coefficient (Wildman–Crippen LogP) is 2.00. The molecule has 0 radical (unpaired) electrons. The molecule has 0 aromatic heterocycles. The van der Waals surface area contributed by atoms with Crippen LogP contribution < -0.4 is 5.32 Å². The lowest BCUT2D eigenvalue weighted by Gasteiger charge is -2.09. The highest BCUT2D eigenvalue weighted by atomic mass is 32.2. The van der Waals surface area contributed by atoms with Crippen molar-refractivity contribution in [1.82, 2.24) is 5.32 Å². The Morgan fingerprint density at radius 3 is 2.12 bits per heavy atom. The number of ketones is 1. The van der Waals surface area contributed by atoms with E-state index < -0.39 is 15.7 Å². The molecule has 5 nitrogen and oxygen atoms in total. The van der Waals surface area contributed by atoms with E-state index >= 15 is 0 Å². The highest BCUT2D eigenvalue weighted by Crippen LogP contribution is 2.15. The summed E-state index contributed by atoms with van der Waals surface area (Å²) in [5.74, 6) is -0.856. The van der Waals surface area contributed by atoms with Gasteiger partial charge in [0.25, 0.3) is 5.91 Å². The number of carbonyl (C=O) groups is 2. The van der Waals surface area contributed by atoms with E-state index in [0.29, 0.717) is 11.1 Å². The normalized spacial score (nSPS) is 11.1. The highest BCUT2D eigenvalue weighted by Gasteiger charge is 2.18. The van der Waals surface area contributed by atoms with Crippen LogP contribution in [0.5, 0.6) is 0 Å². The van der Waals surface area contributed by atoms with Gasteiger partial charge in [-0.3, -0.25) is 9.59 Å². The minimum absolute atomic E-state index is 0.00469. The molecule has 0 saturated heterocycles. The summed E-state index contributed by atoms with van der Waals surface area (Å²) in [6, 6.07) is 13.6. The smallest absolute Gasteiger partial charge is 0.252 e.